The maximum atomic E-state index is 10.2. The summed E-state index contributed by atoms with van der Waals surface area (Å²) in [6.07, 6.45) is 7.76. The molecule has 3 atom stereocenters. The van der Waals surface area contributed by atoms with E-state index in [2.05, 4.69) is 34.0 Å². The lowest BCUT2D eigenvalue weighted by Gasteiger charge is -2.31. The summed E-state index contributed by atoms with van der Waals surface area (Å²) in [4.78, 5) is 14.7. The molecule has 0 amide bonds. The van der Waals surface area contributed by atoms with Crippen molar-refractivity contribution < 1.29 is 14.6 Å². The highest BCUT2D eigenvalue weighted by molar-refractivity contribution is 6.00. The number of aromatic nitrogens is 4. The van der Waals surface area contributed by atoms with Gasteiger partial charge in [-0.05, 0) is 43.7 Å². The molecule has 3 saturated heterocycles. The van der Waals surface area contributed by atoms with Crippen molar-refractivity contribution in [2.45, 2.75) is 44.9 Å². The summed E-state index contributed by atoms with van der Waals surface area (Å²) in [5.41, 5.74) is 3.72. The Kier molecular flexibility index (Phi) is 6.30. The standard InChI is InChI=1S/C26H34N6O3/c1-18-14-19(17-33)31(16-18)22-15-23(30-9-12-34-13-10-30)29-25-20(22)5-7-27-26(25)21-6-8-28-32(21)24-4-2-3-11-35-24/h5-8,15,18-19,24,33H,2-4,9-14,16-17H2,1H3/t18-,19+,24?/m1/s1. The second-order valence-corrected chi connectivity index (χ2v) is 9.97. The summed E-state index contributed by atoms with van der Waals surface area (Å²) in [7, 11) is 0. The zero-order valence-electron chi connectivity index (χ0n) is 20.3. The summed E-state index contributed by atoms with van der Waals surface area (Å²) in [5.74, 6) is 1.45. The third-order valence-electron chi connectivity index (χ3n) is 7.51. The quantitative estimate of drug-likeness (QED) is 0.598. The lowest BCUT2D eigenvalue weighted by atomic mass is 10.1. The van der Waals surface area contributed by atoms with E-state index >= 15 is 0 Å². The van der Waals surface area contributed by atoms with E-state index in [1.165, 1.54) is 0 Å². The van der Waals surface area contributed by atoms with Gasteiger partial charge in [-0.1, -0.05) is 6.92 Å². The number of rotatable bonds is 5. The summed E-state index contributed by atoms with van der Waals surface area (Å²) in [6.45, 7) is 7.07. The van der Waals surface area contributed by atoms with Crippen molar-refractivity contribution in [1.29, 1.82) is 0 Å². The van der Waals surface area contributed by atoms with E-state index in [0.29, 0.717) is 19.1 Å². The van der Waals surface area contributed by atoms with Crippen molar-refractivity contribution in [1.82, 2.24) is 19.7 Å². The summed E-state index contributed by atoms with van der Waals surface area (Å²) >= 11 is 0. The first-order valence-corrected chi connectivity index (χ1v) is 12.9. The van der Waals surface area contributed by atoms with E-state index in [1.54, 1.807) is 0 Å². The number of morpholine rings is 1. The first-order chi connectivity index (χ1) is 17.2. The molecule has 6 heterocycles. The zero-order valence-corrected chi connectivity index (χ0v) is 20.3. The number of fused-ring (bicyclic) bond motifs is 1. The van der Waals surface area contributed by atoms with Crippen LogP contribution in [0.2, 0.25) is 0 Å². The Bertz CT molecular complexity index is 1170. The zero-order chi connectivity index (χ0) is 23.8. The maximum absolute atomic E-state index is 10.2. The third-order valence-corrected chi connectivity index (χ3v) is 7.51. The summed E-state index contributed by atoms with van der Waals surface area (Å²) in [5, 5.41) is 15.8. The highest BCUT2D eigenvalue weighted by atomic mass is 16.5. The van der Waals surface area contributed by atoms with Crippen LogP contribution in [0.3, 0.4) is 0 Å². The molecule has 0 aromatic carbocycles. The molecule has 3 aromatic heterocycles. The number of anilines is 2. The fraction of sp³-hybridized carbons (Fsp3) is 0.577. The number of aliphatic hydroxyl groups excluding tert-OH is 1. The predicted octanol–water partition coefficient (Wildman–Crippen LogP) is 3.24. The Hall–Kier alpha value is -2.75. The van der Waals surface area contributed by atoms with E-state index < -0.39 is 0 Å². The second kappa shape index (κ2) is 9.72. The van der Waals surface area contributed by atoms with Crippen LogP contribution in [-0.4, -0.2) is 77.0 Å². The molecule has 3 aliphatic rings. The van der Waals surface area contributed by atoms with E-state index in [9.17, 15) is 5.11 Å². The molecule has 3 aromatic rings. The average molecular weight is 479 g/mol. The van der Waals surface area contributed by atoms with Crippen molar-refractivity contribution in [3.8, 4) is 11.4 Å². The highest BCUT2D eigenvalue weighted by Crippen LogP contribution is 2.39. The van der Waals surface area contributed by atoms with Crippen LogP contribution in [0, 0.1) is 5.92 Å². The minimum atomic E-state index is -0.0779. The molecule has 3 aliphatic heterocycles. The Labute approximate surface area is 205 Å². The first-order valence-electron chi connectivity index (χ1n) is 12.9. The summed E-state index contributed by atoms with van der Waals surface area (Å²) in [6, 6.07) is 6.36. The Morgan fingerprint density at radius 2 is 2.00 bits per heavy atom. The normalized spacial score (nSPS) is 25.5. The number of ether oxygens (including phenoxy) is 2. The molecular weight excluding hydrogens is 444 g/mol. The Morgan fingerprint density at radius 3 is 2.80 bits per heavy atom. The molecule has 3 fully saturated rings. The number of nitrogens with zero attached hydrogens (tertiary/aromatic N) is 6. The molecule has 9 nitrogen and oxygen atoms in total. The molecule has 6 rings (SSSR count). The molecule has 0 aliphatic carbocycles. The second-order valence-electron chi connectivity index (χ2n) is 9.97. The van der Waals surface area contributed by atoms with Crippen molar-refractivity contribution in [2.24, 2.45) is 5.92 Å². The molecule has 0 saturated carbocycles. The van der Waals surface area contributed by atoms with E-state index in [4.69, 9.17) is 19.4 Å². The van der Waals surface area contributed by atoms with Gasteiger partial charge in [-0.25, -0.2) is 9.67 Å². The van der Waals surface area contributed by atoms with Gasteiger partial charge in [-0.2, -0.15) is 5.10 Å². The van der Waals surface area contributed by atoms with Gasteiger partial charge in [0.15, 0.2) is 6.23 Å². The number of aliphatic hydroxyl groups is 1. The van der Waals surface area contributed by atoms with Gasteiger partial charge >= 0.3 is 0 Å². The molecule has 9 heteroatoms. The van der Waals surface area contributed by atoms with Crippen LogP contribution in [0.15, 0.2) is 30.6 Å². The van der Waals surface area contributed by atoms with Gasteiger partial charge in [0, 0.05) is 50.1 Å². The van der Waals surface area contributed by atoms with Crippen molar-refractivity contribution in [2.75, 3.05) is 55.9 Å². The van der Waals surface area contributed by atoms with Crippen LogP contribution in [0.25, 0.3) is 22.3 Å². The van der Waals surface area contributed by atoms with Crippen LogP contribution >= 0.6 is 0 Å². The van der Waals surface area contributed by atoms with Gasteiger partial charge < -0.3 is 24.4 Å². The van der Waals surface area contributed by atoms with E-state index in [1.807, 2.05) is 23.1 Å². The Balaban J connectivity index is 1.51. The van der Waals surface area contributed by atoms with Crippen LogP contribution in [-0.2, 0) is 9.47 Å². The van der Waals surface area contributed by atoms with Gasteiger partial charge in [0.25, 0.3) is 0 Å². The minimum Gasteiger partial charge on any atom is -0.394 e. The monoisotopic (exact) mass is 478 g/mol. The molecular formula is C26H34N6O3. The van der Waals surface area contributed by atoms with Crippen molar-refractivity contribution in [3.05, 3.63) is 30.6 Å². The van der Waals surface area contributed by atoms with Gasteiger partial charge in [-0.3, -0.25) is 4.98 Å². The Morgan fingerprint density at radius 1 is 1.11 bits per heavy atom. The van der Waals surface area contributed by atoms with Crippen LogP contribution in [0.4, 0.5) is 11.5 Å². The smallest absolute Gasteiger partial charge is 0.150 e. The average Bonchev–Trinajstić information content (AvgIpc) is 3.55. The van der Waals surface area contributed by atoms with Gasteiger partial charge in [0.1, 0.15) is 17.0 Å². The van der Waals surface area contributed by atoms with Crippen LogP contribution in [0.5, 0.6) is 0 Å². The van der Waals surface area contributed by atoms with Gasteiger partial charge in [0.2, 0.25) is 0 Å². The molecule has 0 spiro atoms. The topological polar surface area (TPSA) is 88.8 Å². The first kappa shape index (κ1) is 22.7. The van der Waals surface area contributed by atoms with E-state index in [0.717, 1.165) is 85.7 Å². The minimum absolute atomic E-state index is 0.0779. The number of pyridine rings is 2. The van der Waals surface area contributed by atoms with Gasteiger partial charge in [-0.15, -0.1) is 0 Å². The summed E-state index contributed by atoms with van der Waals surface area (Å²) < 4.78 is 13.6. The third kappa shape index (κ3) is 4.26. The largest absolute Gasteiger partial charge is 0.394 e. The number of hydrogen-bond acceptors (Lipinski definition) is 8. The fourth-order valence-electron chi connectivity index (χ4n) is 5.77. The molecule has 0 bridgehead atoms. The molecule has 35 heavy (non-hydrogen) atoms. The molecule has 1 N–H and O–H groups in total. The van der Waals surface area contributed by atoms with Gasteiger partial charge in [0.05, 0.1) is 37.2 Å². The maximum Gasteiger partial charge on any atom is 0.150 e. The van der Waals surface area contributed by atoms with Crippen molar-refractivity contribution >= 4 is 22.4 Å². The van der Waals surface area contributed by atoms with Crippen molar-refractivity contribution in [3.63, 3.8) is 0 Å². The highest BCUT2D eigenvalue weighted by Gasteiger charge is 2.32. The molecule has 1 unspecified atom stereocenters. The molecule has 186 valence electrons. The lowest BCUT2D eigenvalue weighted by Crippen LogP contribution is -2.37. The SMILES string of the molecule is C[C@@H]1C[C@@H](CO)N(c2cc(N3CCOCC3)nc3c(-c4ccnn4C4CCCCO4)nccc23)C1. The fourth-order valence-corrected chi connectivity index (χ4v) is 5.77. The van der Waals surface area contributed by atoms with E-state index in [-0.39, 0.29) is 18.9 Å². The predicted molar refractivity (Wildman–Crippen MR) is 135 cm³/mol. The molecule has 0 radical (unpaired) electrons. The van der Waals surface area contributed by atoms with Crippen LogP contribution in [0.1, 0.15) is 38.8 Å². The van der Waals surface area contributed by atoms with Crippen LogP contribution < -0.4 is 9.80 Å². The lowest BCUT2D eigenvalue weighted by molar-refractivity contribution is -0.0383. The number of hydrogen-bond donors (Lipinski definition) is 1.